The molecule has 0 bridgehead atoms. The van der Waals surface area contributed by atoms with Gasteiger partial charge >= 0.3 is 0 Å². The Balaban J connectivity index is 2.02. The standard InChI is InChI=1S/C18H19NO/c1-13-8-10-16(18(20)12-13)17-11-9-14(2)19(17)15-6-4-3-5-7-15/h3-8,10,12,17,20H,2,9,11H2,1H3. The Morgan fingerprint density at radius 3 is 2.60 bits per heavy atom. The normalized spacial score (nSPS) is 18.6. The van der Waals surface area contributed by atoms with Crippen LogP contribution in [0.25, 0.3) is 0 Å². The zero-order chi connectivity index (χ0) is 14.1. The minimum Gasteiger partial charge on any atom is -0.508 e. The molecule has 3 rings (SSSR count). The van der Waals surface area contributed by atoms with Crippen LogP contribution in [0.4, 0.5) is 5.69 Å². The van der Waals surface area contributed by atoms with Crippen LogP contribution < -0.4 is 4.90 Å². The zero-order valence-corrected chi connectivity index (χ0v) is 11.7. The summed E-state index contributed by atoms with van der Waals surface area (Å²) in [6.45, 7) is 6.17. The molecule has 0 spiro atoms. The van der Waals surface area contributed by atoms with Gasteiger partial charge in [0.05, 0.1) is 6.04 Å². The molecule has 1 atom stereocenters. The molecular formula is C18H19NO. The number of allylic oxidation sites excluding steroid dienone is 1. The average molecular weight is 265 g/mol. The van der Waals surface area contributed by atoms with Crippen molar-refractivity contribution in [3.63, 3.8) is 0 Å². The Kier molecular flexibility index (Phi) is 3.23. The van der Waals surface area contributed by atoms with Crippen molar-refractivity contribution in [1.29, 1.82) is 0 Å². The van der Waals surface area contributed by atoms with Crippen LogP contribution in [0, 0.1) is 6.92 Å². The summed E-state index contributed by atoms with van der Waals surface area (Å²) in [5.41, 5.74) is 4.31. The van der Waals surface area contributed by atoms with E-state index in [-0.39, 0.29) is 6.04 Å². The fourth-order valence-corrected chi connectivity index (χ4v) is 2.95. The number of phenolic OH excluding ortho intramolecular Hbond substituents is 1. The highest BCUT2D eigenvalue weighted by Gasteiger charge is 2.30. The monoisotopic (exact) mass is 265 g/mol. The van der Waals surface area contributed by atoms with Gasteiger partial charge in [-0.1, -0.05) is 36.9 Å². The third-order valence-electron chi connectivity index (χ3n) is 3.94. The van der Waals surface area contributed by atoms with E-state index >= 15 is 0 Å². The number of anilines is 1. The first-order valence-corrected chi connectivity index (χ1v) is 6.98. The topological polar surface area (TPSA) is 23.5 Å². The predicted octanol–water partition coefficient (Wildman–Crippen LogP) is 4.56. The number of aromatic hydroxyl groups is 1. The van der Waals surface area contributed by atoms with Crippen molar-refractivity contribution in [2.75, 3.05) is 4.90 Å². The van der Waals surface area contributed by atoms with Crippen LogP contribution in [-0.2, 0) is 0 Å². The van der Waals surface area contributed by atoms with Crippen molar-refractivity contribution >= 4 is 5.69 Å². The van der Waals surface area contributed by atoms with Gasteiger partial charge in [-0.2, -0.15) is 0 Å². The van der Waals surface area contributed by atoms with Crippen LogP contribution in [0.1, 0.15) is 30.0 Å². The van der Waals surface area contributed by atoms with Crippen molar-refractivity contribution in [2.24, 2.45) is 0 Å². The van der Waals surface area contributed by atoms with E-state index in [1.807, 2.05) is 37.3 Å². The molecule has 0 amide bonds. The average Bonchev–Trinajstić information content (AvgIpc) is 2.81. The Morgan fingerprint density at radius 1 is 1.15 bits per heavy atom. The third kappa shape index (κ3) is 2.18. The van der Waals surface area contributed by atoms with Gasteiger partial charge in [-0.05, 0) is 43.5 Å². The molecule has 1 heterocycles. The van der Waals surface area contributed by atoms with Crippen molar-refractivity contribution < 1.29 is 5.11 Å². The molecule has 102 valence electrons. The molecule has 1 aliphatic heterocycles. The summed E-state index contributed by atoms with van der Waals surface area (Å²) < 4.78 is 0. The van der Waals surface area contributed by atoms with Crippen LogP contribution in [0.15, 0.2) is 60.8 Å². The highest BCUT2D eigenvalue weighted by molar-refractivity contribution is 5.57. The molecule has 0 saturated carbocycles. The van der Waals surface area contributed by atoms with Gasteiger partial charge in [0, 0.05) is 16.9 Å². The van der Waals surface area contributed by atoms with E-state index in [4.69, 9.17) is 0 Å². The summed E-state index contributed by atoms with van der Waals surface area (Å²) in [6.07, 6.45) is 1.96. The van der Waals surface area contributed by atoms with Crippen molar-refractivity contribution in [3.8, 4) is 5.75 Å². The molecular weight excluding hydrogens is 246 g/mol. The molecule has 1 saturated heterocycles. The Bertz CT molecular complexity index is 633. The SMILES string of the molecule is C=C1CCC(c2ccc(C)cc2O)N1c1ccccc1. The lowest BCUT2D eigenvalue weighted by Crippen LogP contribution is -2.20. The van der Waals surface area contributed by atoms with Gasteiger partial charge in [-0.15, -0.1) is 0 Å². The molecule has 2 nitrogen and oxygen atoms in total. The first-order chi connectivity index (χ1) is 9.66. The molecule has 1 aliphatic rings. The molecule has 0 radical (unpaired) electrons. The van der Waals surface area contributed by atoms with Gasteiger partial charge < -0.3 is 10.0 Å². The number of nitrogens with zero attached hydrogens (tertiary/aromatic N) is 1. The lowest BCUT2D eigenvalue weighted by atomic mass is 10.0. The smallest absolute Gasteiger partial charge is 0.121 e. The van der Waals surface area contributed by atoms with Crippen LogP contribution in [0.3, 0.4) is 0 Å². The van der Waals surface area contributed by atoms with Crippen molar-refractivity contribution in [1.82, 2.24) is 0 Å². The second kappa shape index (κ2) is 5.04. The fraction of sp³-hybridized carbons (Fsp3) is 0.222. The molecule has 1 fully saturated rings. The summed E-state index contributed by atoms with van der Waals surface area (Å²) in [7, 11) is 0. The number of aryl methyl sites for hydroxylation is 1. The second-order valence-corrected chi connectivity index (χ2v) is 5.39. The summed E-state index contributed by atoms with van der Waals surface area (Å²) in [5, 5.41) is 10.2. The summed E-state index contributed by atoms with van der Waals surface area (Å²) in [6, 6.07) is 16.4. The van der Waals surface area contributed by atoms with Gasteiger partial charge in [0.1, 0.15) is 5.75 Å². The van der Waals surface area contributed by atoms with Gasteiger partial charge in [-0.25, -0.2) is 0 Å². The Morgan fingerprint density at radius 2 is 1.90 bits per heavy atom. The van der Waals surface area contributed by atoms with E-state index in [1.54, 1.807) is 0 Å². The number of rotatable bonds is 2. The number of hydrogen-bond donors (Lipinski definition) is 1. The van der Waals surface area contributed by atoms with Crippen LogP contribution in [0.2, 0.25) is 0 Å². The number of benzene rings is 2. The van der Waals surface area contributed by atoms with E-state index < -0.39 is 0 Å². The maximum absolute atomic E-state index is 10.2. The Hall–Kier alpha value is -2.22. The molecule has 1 unspecified atom stereocenters. The lowest BCUT2D eigenvalue weighted by Gasteiger charge is -2.28. The lowest BCUT2D eigenvalue weighted by molar-refractivity contribution is 0.461. The Labute approximate surface area is 120 Å². The van der Waals surface area contributed by atoms with E-state index in [0.29, 0.717) is 5.75 Å². The number of para-hydroxylation sites is 1. The summed E-state index contributed by atoms with van der Waals surface area (Å²) in [5.74, 6) is 0.380. The van der Waals surface area contributed by atoms with E-state index in [9.17, 15) is 5.11 Å². The largest absolute Gasteiger partial charge is 0.508 e. The predicted molar refractivity (Wildman–Crippen MR) is 82.9 cm³/mol. The number of phenols is 1. The zero-order valence-electron chi connectivity index (χ0n) is 11.7. The molecule has 0 aromatic heterocycles. The third-order valence-corrected chi connectivity index (χ3v) is 3.94. The quantitative estimate of drug-likeness (QED) is 0.860. The highest BCUT2D eigenvalue weighted by atomic mass is 16.3. The van der Waals surface area contributed by atoms with Crippen LogP contribution in [0.5, 0.6) is 5.75 Å². The van der Waals surface area contributed by atoms with E-state index in [2.05, 4.69) is 29.7 Å². The van der Waals surface area contributed by atoms with Gasteiger partial charge in [0.2, 0.25) is 0 Å². The minimum absolute atomic E-state index is 0.172. The van der Waals surface area contributed by atoms with Gasteiger partial charge in [0.25, 0.3) is 0 Å². The van der Waals surface area contributed by atoms with Gasteiger partial charge in [-0.3, -0.25) is 0 Å². The summed E-state index contributed by atoms with van der Waals surface area (Å²) >= 11 is 0. The highest BCUT2D eigenvalue weighted by Crippen LogP contribution is 2.43. The molecule has 2 aromatic rings. The fourth-order valence-electron chi connectivity index (χ4n) is 2.95. The first kappa shape index (κ1) is 12.8. The van der Waals surface area contributed by atoms with Crippen LogP contribution in [-0.4, -0.2) is 5.11 Å². The van der Waals surface area contributed by atoms with Crippen LogP contribution >= 0.6 is 0 Å². The van der Waals surface area contributed by atoms with Crippen molar-refractivity contribution in [2.45, 2.75) is 25.8 Å². The molecule has 2 aromatic carbocycles. The maximum Gasteiger partial charge on any atom is 0.121 e. The first-order valence-electron chi connectivity index (χ1n) is 6.98. The minimum atomic E-state index is 0.172. The molecule has 20 heavy (non-hydrogen) atoms. The second-order valence-electron chi connectivity index (χ2n) is 5.39. The van der Waals surface area contributed by atoms with Crippen molar-refractivity contribution in [3.05, 3.63) is 71.9 Å². The van der Waals surface area contributed by atoms with E-state index in [1.165, 1.54) is 0 Å². The number of hydrogen-bond acceptors (Lipinski definition) is 2. The maximum atomic E-state index is 10.2. The van der Waals surface area contributed by atoms with Gasteiger partial charge in [0.15, 0.2) is 0 Å². The summed E-state index contributed by atoms with van der Waals surface area (Å²) in [4.78, 5) is 2.24. The molecule has 0 aliphatic carbocycles. The van der Waals surface area contributed by atoms with E-state index in [0.717, 1.165) is 35.4 Å². The molecule has 1 N–H and O–H groups in total. The molecule has 2 heteroatoms.